The molecule has 0 fully saturated rings. The predicted octanol–water partition coefficient (Wildman–Crippen LogP) is 2.97. The van der Waals surface area contributed by atoms with Crippen molar-refractivity contribution in [3.05, 3.63) is 51.7 Å². The highest BCUT2D eigenvalue weighted by Crippen LogP contribution is 2.24. The zero-order valence-corrected chi connectivity index (χ0v) is 12.0. The summed E-state index contributed by atoms with van der Waals surface area (Å²) in [6.45, 7) is 5.05. The number of carbonyl (C=O) groups excluding carboxylic acids is 1. The Labute approximate surface area is 117 Å². The van der Waals surface area contributed by atoms with Crippen LogP contribution in [0.15, 0.2) is 35.7 Å². The number of hydrogen-bond donors (Lipinski definition) is 1. The van der Waals surface area contributed by atoms with E-state index in [-0.39, 0.29) is 5.91 Å². The molecule has 0 saturated heterocycles. The molecular weight excluding hydrogens is 256 g/mol. The SMILES string of the molecule is Cc1ccc(N(CCN)C(=O)c2cccs2)c(C)c1. The Hall–Kier alpha value is -1.65. The smallest absolute Gasteiger partial charge is 0.268 e. The van der Waals surface area contributed by atoms with Crippen molar-refractivity contribution < 1.29 is 4.79 Å². The Balaban J connectivity index is 2.37. The lowest BCUT2D eigenvalue weighted by Crippen LogP contribution is -2.35. The maximum absolute atomic E-state index is 12.5. The number of hydrogen-bond acceptors (Lipinski definition) is 3. The third kappa shape index (κ3) is 3.03. The zero-order chi connectivity index (χ0) is 13.8. The van der Waals surface area contributed by atoms with Gasteiger partial charge in [-0.2, -0.15) is 0 Å². The number of nitrogens with zero attached hydrogens (tertiary/aromatic N) is 1. The van der Waals surface area contributed by atoms with E-state index in [2.05, 4.69) is 6.07 Å². The highest BCUT2D eigenvalue weighted by molar-refractivity contribution is 7.12. The van der Waals surface area contributed by atoms with Crippen molar-refractivity contribution in [3.63, 3.8) is 0 Å². The van der Waals surface area contributed by atoms with Gasteiger partial charge in [-0.15, -0.1) is 11.3 Å². The molecule has 0 saturated carbocycles. The van der Waals surface area contributed by atoms with Gasteiger partial charge in [0.2, 0.25) is 0 Å². The van der Waals surface area contributed by atoms with Gasteiger partial charge < -0.3 is 10.6 Å². The van der Waals surface area contributed by atoms with E-state index in [0.717, 1.165) is 16.1 Å². The molecule has 2 aromatic rings. The summed E-state index contributed by atoms with van der Waals surface area (Å²) < 4.78 is 0. The first-order valence-corrected chi connectivity index (χ1v) is 7.14. The van der Waals surface area contributed by atoms with Crippen LogP contribution in [0.2, 0.25) is 0 Å². The largest absolute Gasteiger partial charge is 0.329 e. The van der Waals surface area contributed by atoms with Crippen molar-refractivity contribution in [2.45, 2.75) is 13.8 Å². The fraction of sp³-hybridized carbons (Fsp3) is 0.267. The quantitative estimate of drug-likeness (QED) is 0.931. The van der Waals surface area contributed by atoms with E-state index < -0.39 is 0 Å². The molecule has 1 aromatic carbocycles. The Morgan fingerprint density at radius 1 is 1.32 bits per heavy atom. The topological polar surface area (TPSA) is 46.3 Å². The van der Waals surface area contributed by atoms with Crippen LogP contribution in [-0.2, 0) is 0 Å². The lowest BCUT2D eigenvalue weighted by atomic mass is 10.1. The number of carbonyl (C=O) groups is 1. The molecule has 19 heavy (non-hydrogen) atoms. The molecule has 0 unspecified atom stereocenters. The average Bonchev–Trinajstić information content (AvgIpc) is 2.90. The molecule has 0 aliphatic rings. The van der Waals surface area contributed by atoms with Crippen LogP contribution in [0.4, 0.5) is 5.69 Å². The molecule has 2 N–H and O–H groups in total. The molecule has 4 heteroatoms. The average molecular weight is 274 g/mol. The van der Waals surface area contributed by atoms with E-state index in [0.29, 0.717) is 13.1 Å². The number of amides is 1. The predicted molar refractivity (Wildman–Crippen MR) is 81.0 cm³/mol. The molecule has 0 bridgehead atoms. The van der Waals surface area contributed by atoms with Crippen LogP contribution in [0.5, 0.6) is 0 Å². The lowest BCUT2D eigenvalue weighted by molar-refractivity contribution is 0.0991. The summed E-state index contributed by atoms with van der Waals surface area (Å²) in [6.07, 6.45) is 0. The standard InChI is InChI=1S/C15H18N2OS/c1-11-5-6-13(12(2)10-11)17(8-7-16)15(18)14-4-3-9-19-14/h3-6,9-10H,7-8,16H2,1-2H3. The Morgan fingerprint density at radius 3 is 2.68 bits per heavy atom. The van der Waals surface area contributed by atoms with Crippen molar-refractivity contribution in [2.75, 3.05) is 18.0 Å². The normalized spacial score (nSPS) is 10.5. The number of rotatable bonds is 4. The Bertz CT molecular complexity index is 564. The number of thiophene rings is 1. The maximum Gasteiger partial charge on any atom is 0.268 e. The summed E-state index contributed by atoms with van der Waals surface area (Å²) in [7, 11) is 0. The molecule has 100 valence electrons. The van der Waals surface area contributed by atoms with Gasteiger partial charge in [0.05, 0.1) is 4.88 Å². The first kappa shape index (κ1) is 13.8. The fourth-order valence-electron chi connectivity index (χ4n) is 2.10. The number of anilines is 1. The molecule has 3 nitrogen and oxygen atoms in total. The molecule has 0 atom stereocenters. The number of benzene rings is 1. The molecule has 1 aromatic heterocycles. The molecule has 0 aliphatic carbocycles. The number of nitrogens with two attached hydrogens (primary N) is 1. The van der Waals surface area contributed by atoms with Crippen LogP contribution in [0, 0.1) is 13.8 Å². The van der Waals surface area contributed by atoms with Crippen LogP contribution in [0.25, 0.3) is 0 Å². The minimum atomic E-state index is 0.0207. The van der Waals surface area contributed by atoms with Crippen LogP contribution in [0.1, 0.15) is 20.8 Å². The lowest BCUT2D eigenvalue weighted by Gasteiger charge is -2.23. The minimum absolute atomic E-state index is 0.0207. The van der Waals surface area contributed by atoms with Crippen LogP contribution < -0.4 is 10.6 Å². The second kappa shape index (κ2) is 5.99. The molecule has 0 aliphatic heterocycles. The van der Waals surface area contributed by atoms with Crippen molar-refractivity contribution in [3.8, 4) is 0 Å². The van der Waals surface area contributed by atoms with E-state index in [1.807, 2.05) is 43.5 Å². The summed E-state index contributed by atoms with van der Waals surface area (Å²) >= 11 is 1.46. The van der Waals surface area contributed by atoms with Gasteiger partial charge in [-0.25, -0.2) is 0 Å². The Morgan fingerprint density at radius 2 is 2.11 bits per heavy atom. The number of aryl methyl sites for hydroxylation is 2. The van der Waals surface area contributed by atoms with Gasteiger partial charge in [-0.1, -0.05) is 23.8 Å². The summed E-state index contributed by atoms with van der Waals surface area (Å²) in [4.78, 5) is 15.0. The van der Waals surface area contributed by atoms with E-state index in [1.54, 1.807) is 4.90 Å². The van der Waals surface area contributed by atoms with Gasteiger partial charge >= 0.3 is 0 Å². The van der Waals surface area contributed by atoms with Gasteiger partial charge in [0.15, 0.2) is 0 Å². The van der Waals surface area contributed by atoms with Gasteiger partial charge in [0, 0.05) is 18.8 Å². The summed E-state index contributed by atoms with van der Waals surface area (Å²) in [5, 5.41) is 1.91. The molecule has 1 amide bonds. The van der Waals surface area contributed by atoms with Crippen LogP contribution in [-0.4, -0.2) is 19.0 Å². The first-order valence-electron chi connectivity index (χ1n) is 6.26. The van der Waals surface area contributed by atoms with Crippen molar-refractivity contribution in [1.29, 1.82) is 0 Å². The van der Waals surface area contributed by atoms with Gasteiger partial charge in [0.25, 0.3) is 5.91 Å². The molecule has 0 radical (unpaired) electrons. The molecule has 2 rings (SSSR count). The van der Waals surface area contributed by atoms with Gasteiger partial charge in [-0.05, 0) is 36.9 Å². The Kier molecular flexibility index (Phi) is 4.35. The van der Waals surface area contributed by atoms with E-state index in [4.69, 9.17) is 5.73 Å². The zero-order valence-electron chi connectivity index (χ0n) is 11.2. The first-order chi connectivity index (χ1) is 9.13. The highest BCUT2D eigenvalue weighted by Gasteiger charge is 2.19. The monoisotopic (exact) mass is 274 g/mol. The van der Waals surface area contributed by atoms with E-state index in [1.165, 1.54) is 16.9 Å². The maximum atomic E-state index is 12.5. The van der Waals surface area contributed by atoms with Crippen LogP contribution in [0.3, 0.4) is 0 Å². The molecule has 0 spiro atoms. The van der Waals surface area contributed by atoms with Crippen molar-refractivity contribution in [2.24, 2.45) is 5.73 Å². The van der Waals surface area contributed by atoms with Crippen LogP contribution >= 0.6 is 11.3 Å². The third-order valence-electron chi connectivity index (χ3n) is 2.97. The van der Waals surface area contributed by atoms with E-state index in [9.17, 15) is 4.79 Å². The fourth-order valence-corrected chi connectivity index (χ4v) is 2.77. The second-order valence-electron chi connectivity index (χ2n) is 4.51. The summed E-state index contributed by atoms with van der Waals surface area (Å²) in [5.41, 5.74) is 8.87. The minimum Gasteiger partial charge on any atom is -0.329 e. The third-order valence-corrected chi connectivity index (χ3v) is 3.83. The second-order valence-corrected chi connectivity index (χ2v) is 5.46. The summed E-state index contributed by atoms with van der Waals surface area (Å²) in [5.74, 6) is 0.0207. The van der Waals surface area contributed by atoms with E-state index >= 15 is 0 Å². The highest BCUT2D eigenvalue weighted by atomic mass is 32.1. The van der Waals surface area contributed by atoms with Crippen molar-refractivity contribution >= 4 is 22.9 Å². The van der Waals surface area contributed by atoms with Gasteiger partial charge in [0.1, 0.15) is 0 Å². The van der Waals surface area contributed by atoms with Gasteiger partial charge in [-0.3, -0.25) is 4.79 Å². The molecule has 1 heterocycles. The summed E-state index contributed by atoms with van der Waals surface area (Å²) in [6, 6.07) is 9.83. The van der Waals surface area contributed by atoms with Crippen molar-refractivity contribution in [1.82, 2.24) is 0 Å². The molecular formula is C15H18N2OS.